The zero-order valence-corrected chi connectivity index (χ0v) is 30.7. The third-order valence-corrected chi connectivity index (χ3v) is 11.6. The SMILES string of the molecule is CC1(c2ccccc2)c2ccccc2-c2c(-c3ccccc3N(c3ccccc3)c3ccccc3-c3cccc4cccc(-c5ccccc5)c34)cccc21. The lowest BCUT2D eigenvalue weighted by Gasteiger charge is -2.31. The van der Waals surface area contributed by atoms with E-state index in [1.165, 1.54) is 72.0 Å². The molecule has 9 aromatic rings. The number of para-hydroxylation sites is 3. The molecule has 10 rings (SSSR count). The number of rotatable bonds is 7. The van der Waals surface area contributed by atoms with Crippen LogP contribution in [0, 0.1) is 0 Å². The molecule has 1 atom stereocenters. The molecule has 260 valence electrons. The molecular formula is C54H39N. The molecule has 1 nitrogen and oxygen atoms in total. The van der Waals surface area contributed by atoms with Crippen molar-refractivity contribution in [2.45, 2.75) is 12.3 Å². The Kier molecular flexibility index (Phi) is 8.00. The third kappa shape index (κ3) is 5.31. The maximum Gasteiger partial charge on any atom is 0.0540 e. The van der Waals surface area contributed by atoms with Crippen LogP contribution in [0.15, 0.2) is 218 Å². The summed E-state index contributed by atoms with van der Waals surface area (Å²) < 4.78 is 0. The first-order valence-corrected chi connectivity index (χ1v) is 19.1. The normalized spacial score (nSPS) is 14.3. The van der Waals surface area contributed by atoms with E-state index in [4.69, 9.17) is 0 Å². The molecule has 0 aromatic heterocycles. The molecule has 1 heteroatoms. The molecule has 55 heavy (non-hydrogen) atoms. The number of benzene rings is 9. The molecular weight excluding hydrogens is 663 g/mol. The zero-order valence-electron chi connectivity index (χ0n) is 30.7. The third-order valence-electron chi connectivity index (χ3n) is 11.6. The number of nitrogens with zero attached hydrogens (tertiary/aromatic N) is 1. The van der Waals surface area contributed by atoms with Gasteiger partial charge in [-0.15, -0.1) is 0 Å². The molecule has 0 heterocycles. The predicted molar refractivity (Wildman–Crippen MR) is 232 cm³/mol. The fourth-order valence-corrected chi connectivity index (χ4v) is 9.05. The van der Waals surface area contributed by atoms with Crippen molar-refractivity contribution >= 4 is 27.8 Å². The van der Waals surface area contributed by atoms with E-state index in [1.54, 1.807) is 0 Å². The van der Waals surface area contributed by atoms with E-state index in [0.29, 0.717) is 0 Å². The molecule has 0 saturated heterocycles. The van der Waals surface area contributed by atoms with Crippen LogP contribution in [0.4, 0.5) is 17.1 Å². The molecule has 0 fully saturated rings. The minimum Gasteiger partial charge on any atom is -0.309 e. The van der Waals surface area contributed by atoms with Gasteiger partial charge in [0.15, 0.2) is 0 Å². The Bertz CT molecular complexity index is 2820. The molecule has 0 radical (unpaired) electrons. The molecule has 1 unspecified atom stereocenters. The molecule has 0 N–H and O–H groups in total. The minimum atomic E-state index is -0.283. The summed E-state index contributed by atoms with van der Waals surface area (Å²) in [6, 6.07) is 79.7. The van der Waals surface area contributed by atoms with Crippen molar-refractivity contribution in [1.82, 2.24) is 0 Å². The number of hydrogen-bond donors (Lipinski definition) is 0. The van der Waals surface area contributed by atoms with E-state index in [2.05, 4.69) is 230 Å². The summed E-state index contributed by atoms with van der Waals surface area (Å²) in [5.41, 5.74) is 16.9. The molecule has 1 aliphatic carbocycles. The van der Waals surface area contributed by atoms with Crippen LogP contribution >= 0.6 is 0 Å². The summed E-state index contributed by atoms with van der Waals surface area (Å²) in [5, 5.41) is 2.47. The lowest BCUT2D eigenvalue weighted by atomic mass is 9.74. The van der Waals surface area contributed by atoms with E-state index in [0.717, 1.165) is 17.1 Å². The van der Waals surface area contributed by atoms with Gasteiger partial charge in [-0.05, 0) is 92.0 Å². The van der Waals surface area contributed by atoms with Crippen LogP contribution in [0.2, 0.25) is 0 Å². The van der Waals surface area contributed by atoms with Crippen LogP contribution in [-0.2, 0) is 5.41 Å². The summed E-state index contributed by atoms with van der Waals surface area (Å²) in [6.07, 6.45) is 0. The van der Waals surface area contributed by atoms with Crippen LogP contribution in [0.3, 0.4) is 0 Å². The second-order valence-corrected chi connectivity index (χ2v) is 14.5. The van der Waals surface area contributed by atoms with E-state index in [9.17, 15) is 0 Å². The van der Waals surface area contributed by atoms with Gasteiger partial charge in [-0.3, -0.25) is 0 Å². The van der Waals surface area contributed by atoms with Crippen molar-refractivity contribution in [3.63, 3.8) is 0 Å². The fourth-order valence-electron chi connectivity index (χ4n) is 9.05. The lowest BCUT2D eigenvalue weighted by molar-refractivity contribution is 0.714. The topological polar surface area (TPSA) is 3.24 Å². The molecule has 0 bridgehead atoms. The number of anilines is 3. The smallest absolute Gasteiger partial charge is 0.0540 e. The van der Waals surface area contributed by atoms with Gasteiger partial charge in [-0.1, -0.05) is 194 Å². The molecule has 0 spiro atoms. The Morgan fingerprint density at radius 1 is 0.345 bits per heavy atom. The molecule has 0 amide bonds. The molecule has 9 aromatic carbocycles. The maximum atomic E-state index is 2.46. The summed E-state index contributed by atoms with van der Waals surface area (Å²) in [7, 11) is 0. The van der Waals surface area contributed by atoms with Gasteiger partial charge in [-0.25, -0.2) is 0 Å². The monoisotopic (exact) mass is 701 g/mol. The van der Waals surface area contributed by atoms with E-state index in [-0.39, 0.29) is 5.41 Å². The van der Waals surface area contributed by atoms with Crippen molar-refractivity contribution in [1.29, 1.82) is 0 Å². The zero-order chi connectivity index (χ0) is 36.8. The molecule has 1 aliphatic rings. The highest BCUT2D eigenvalue weighted by molar-refractivity contribution is 6.09. The Balaban J connectivity index is 1.23. The molecule has 0 saturated carbocycles. The van der Waals surface area contributed by atoms with Gasteiger partial charge in [0.25, 0.3) is 0 Å². The van der Waals surface area contributed by atoms with Gasteiger partial charge in [0.2, 0.25) is 0 Å². The van der Waals surface area contributed by atoms with E-state index >= 15 is 0 Å². The van der Waals surface area contributed by atoms with Crippen molar-refractivity contribution in [2.75, 3.05) is 4.90 Å². The summed E-state index contributed by atoms with van der Waals surface area (Å²) in [5.74, 6) is 0. The Morgan fingerprint density at radius 3 is 1.51 bits per heavy atom. The largest absolute Gasteiger partial charge is 0.309 e. The quantitative estimate of drug-likeness (QED) is 0.160. The van der Waals surface area contributed by atoms with Crippen molar-refractivity contribution < 1.29 is 0 Å². The number of fused-ring (bicyclic) bond motifs is 4. The average molecular weight is 702 g/mol. The van der Waals surface area contributed by atoms with Gasteiger partial charge >= 0.3 is 0 Å². The molecule has 0 aliphatic heterocycles. The second kappa shape index (κ2) is 13.5. The standard InChI is InChI=1S/C54H39N/c1-54(40-24-7-3-8-25-40)48-34-14-11-30-47(48)53-46(33-19-35-49(53)54)44-29-13-16-37-51(44)55(41-26-9-4-10-27-41)50-36-15-12-28-43(50)45-32-18-23-39-22-17-31-42(52(39)45)38-20-5-2-6-21-38/h2-37H,1H3. The van der Waals surface area contributed by atoms with Crippen LogP contribution in [0.5, 0.6) is 0 Å². The van der Waals surface area contributed by atoms with Crippen molar-refractivity contribution in [3.05, 3.63) is 235 Å². The van der Waals surface area contributed by atoms with E-state index in [1.807, 2.05) is 0 Å². The minimum absolute atomic E-state index is 0.283. The Hall–Kier alpha value is -6.96. The predicted octanol–water partition coefficient (Wildman–Crippen LogP) is 14.6. The van der Waals surface area contributed by atoms with Crippen molar-refractivity contribution in [3.8, 4) is 44.5 Å². The first-order valence-electron chi connectivity index (χ1n) is 19.1. The lowest BCUT2D eigenvalue weighted by Crippen LogP contribution is -2.22. The summed E-state index contributed by atoms with van der Waals surface area (Å²) >= 11 is 0. The number of hydrogen-bond acceptors (Lipinski definition) is 1. The Morgan fingerprint density at radius 2 is 0.818 bits per heavy atom. The van der Waals surface area contributed by atoms with Crippen LogP contribution in [-0.4, -0.2) is 0 Å². The average Bonchev–Trinajstić information content (AvgIpc) is 3.53. The summed E-state index contributed by atoms with van der Waals surface area (Å²) in [6.45, 7) is 2.39. The van der Waals surface area contributed by atoms with Gasteiger partial charge < -0.3 is 4.90 Å². The summed E-state index contributed by atoms with van der Waals surface area (Å²) in [4.78, 5) is 2.46. The van der Waals surface area contributed by atoms with Crippen LogP contribution < -0.4 is 4.90 Å². The fraction of sp³-hybridized carbons (Fsp3) is 0.0370. The van der Waals surface area contributed by atoms with Crippen LogP contribution in [0.1, 0.15) is 23.6 Å². The van der Waals surface area contributed by atoms with E-state index < -0.39 is 0 Å². The van der Waals surface area contributed by atoms with Crippen molar-refractivity contribution in [2.24, 2.45) is 0 Å². The first-order chi connectivity index (χ1) is 27.2. The first kappa shape index (κ1) is 32.7. The maximum absolute atomic E-state index is 2.46. The van der Waals surface area contributed by atoms with Gasteiger partial charge in [0, 0.05) is 22.2 Å². The van der Waals surface area contributed by atoms with Gasteiger partial charge in [0.1, 0.15) is 0 Å². The second-order valence-electron chi connectivity index (χ2n) is 14.5. The highest BCUT2D eigenvalue weighted by Crippen LogP contribution is 2.56. The highest BCUT2D eigenvalue weighted by atomic mass is 15.1. The highest BCUT2D eigenvalue weighted by Gasteiger charge is 2.42. The van der Waals surface area contributed by atoms with Crippen LogP contribution in [0.25, 0.3) is 55.3 Å². The van der Waals surface area contributed by atoms with Gasteiger partial charge in [-0.2, -0.15) is 0 Å². The Labute approximate surface area is 323 Å². The van der Waals surface area contributed by atoms with Gasteiger partial charge in [0.05, 0.1) is 11.4 Å².